The molecule has 0 aromatic heterocycles. The van der Waals surface area contributed by atoms with E-state index in [9.17, 15) is 9.59 Å². The van der Waals surface area contributed by atoms with E-state index >= 15 is 0 Å². The Hall–Kier alpha value is -1.11. The highest BCUT2D eigenvalue weighted by Gasteiger charge is 2.46. The molecule has 0 aliphatic carbocycles. The van der Waals surface area contributed by atoms with Crippen molar-refractivity contribution in [2.75, 3.05) is 32.6 Å². The number of nitriles is 1. The fourth-order valence-corrected chi connectivity index (χ4v) is 8.15. The fraction of sp³-hybridized carbons (Fsp3) is 0.885. The molecular formula is C26H48N5O4PS. The van der Waals surface area contributed by atoms with E-state index in [1.54, 1.807) is 0 Å². The van der Waals surface area contributed by atoms with Crippen LogP contribution in [0.4, 0.5) is 4.79 Å². The summed E-state index contributed by atoms with van der Waals surface area (Å²) in [7, 11) is 0.711. The van der Waals surface area contributed by atoms with Gasteiger partial charge < -0.3 is 24.6 Å². The van der Waals surface area contributed by atoms with Crippen molar-refractivity contribution in [2.24, 2.45) is 0 Å². The Labute approximate surface area is 229 Å². The van der Waals surface area contributed by atoms with Gasteiger partial charge in [-0.05, 0) is 53.4 Å². The quantitative estimate of drug-likeness (QED) is 0.130. The number of likely N-dealkylation sites (N-methyl/N-ethyl adjacent to an activating group) is 1. The third-order valence-electron chi connectivity index (χ3n) is 6.80. The molecule has 2 N–H and O–H groups in total. The van der Waals surface area contributed by atoms with E-state index in [1.807, 2.05) is 23.7 Å². The van der Waals surface area contributed by atoms with Gasteiger partial charge in [0.05, 0.1) is 37.8 Å². The molecule has 2 fully saturated rings. The third kappa shape index (κ3) is 10.9. The summed E-state index contributed by atoms with van der Waals surface area (Å²) in [5.41, 5.74) is 0. The van der Waals surface area contributed by atoms with E-state index in [-0.39, 0.29) is 18.0 Å². The average molecular weight is 558 g/mol. The summed E-state index contributed by atoms with van der Waals surface area (Å²) in [6.07, 6.45) is 7.93. The van der Waals surface area contributed by atoms with Gasteiger partial charge in [0.15, 0.2) is 0 Å². The van der Waals surface area contributed by atoms with Crippen LogP contribution in [0.25, 0.3) is 0 Å². The average Bonchev–Trinajstić information content (AvgIpc) is 3.36. The molecule has 0 aromatic rings. The van der Waals surface area contributed by atoms with Crippen molar-refractivity contribution in [2.45, 2.75) is 115 Å². The molecule has 9 nitrogen and oxygen atoms in total. The Balaban J connectivity index is 1.49. The number of carbonyl (C=O) groups is 2. The number of carbonyl (C=O) groups excluding carboxylic acids is 2. The van der Waals surface area contributed by atoms with E-state index in [2.05, 4.69) is 49.1 Å². The smallest absolute Gasteiger partial charge is 0.317 e. The molecule has 0 bridgehead atoms. The van der Waals surface area contributed by atoms with Gasteiger partial charge in [0.1, 0.15) is 0 Å². The second kappa shape index (κ2) is 17.5. The first-order valence-corrected chi connectivity index (χ1v) is 16.1. The molecule has 0 radical (unpaired) electrons. The largest absolute Gasteiger partial charge is 0.356 e. The van der Waals surface area contributed by atoms with Crippen LogP contribution in [-0.4, -0.2) is 83.5 Å². The summed E-state index contributed by atoms with van der Waals surface area (Å²) >= 11 is 1.95. The highest BCUT2D eigenvalue weighted by atomic mass is 32.2. The maximum absolute atomic E-state index is 12.2. The summed E-state index contributed by atoms with van der Waals surface area (Å²) < 4.78 is 14.3. The molecule has 2 saturated heterocycles. The number of nitrogens with one attached hydrogen (secondary N) is 2. The van der Waals surface area contributed by atoms with Crippen molar-refractivity contribution in [3.05, 3.63) is 0 Å². The third-order valence-corrected chi connectivity index (χ3v) is 10.4. The van der Waals surface area contributed by atoms with Crippen molar-refractivity contribution in [3.63, 3.8) is 0 Å². The van der Waals surface area contributed by atoms with Crippen molar-refractivity contribution in [1.82, 2.24) is 20.2 Å². The lowest BCUT2D eigenvalue weighted by molar-refractivity contribution is -0.121. The molecule has 0 aromatic carbocycles. The number of amides is 3. The summed E-state index contributed by atoms with van der Waals surface area (Å²) in [5, 5.41) is 15.4. The number of thioether (sulfide) groups is 1. The number of nitrogens with zero attached hydrogens (tertiary/aromatic N) is 3. The molecule has 11 heteroatoms. The van der Waals surface area contributed by atoms with Crippen LogP contribution in [0.3, 0.4) is 0 Å². The number of fused-ring (bicyclic) bond motifs is 1. The van der Waals surface area contributed by atoms with Gasteiger partial charge in [-0.1, -0.05) is 19.3 Å². The number of hydrogen-bond donors (Lipinski definition) is 2. The van der Waals surface area contributed by atoms with E-state index in [0.29, 0.717) is 49.4 Å². The number of hydrogen-bond acceptors (Lipinski definition) is 7. The van der Waals surface area contributed by atoms with Gasteiger partial charge in [-0.3, -0.25) is 4.79 Å². The molecule has 4 atom stereocenters. The first kappa shape index (κ1) is 32.1. The van der Waals surface area contributed by atoms with Gasteiger partial charge in [0, 0.05) is 43.1 Å². The standard InChI is InChI=1S/C26H48N5O4PS/c1-20(2)31(21(3)4)36(35-18-12-15-27)34-17-11-7-6-10-16-28-24(32)14-9-8-13-23-25-22(19-37-23)30(5)26(33)29-25/h20-23,25H,6-14,16-19H2,1-5H3,(H,28,32)(H,29,33)/t22-,23-,25-,36?/m0/s1. The molecule has 37 heavy (non-hydrogen) atoms. The second-order valence-electron chi connectivity index (χ2n) is 10.4. The molecule has 0 saturated carbocycles. The number of urea groups is 1. The molecular weight excluding hydrogens is 509 g/mol. The predicted octanol–water partition coefficient (Wildman–Crippen LogP) is 5.02. The van der Waals surface area contributed by atoms with Crippen molar-refractivity contribution < 1.29 is 18.6 Å². The zero-order chi connectivity index (χ0) is 27.2. The maximum atomic E-state index is 12.2. The Kier molecular flexibility index (Phi) is 15.2. The minimum atomic E-state index is -1.17. The summed E-state index contributed by atoms with van der Waals surface area (Å²) in [6.45, 7) is 10.3. The molecule has 1 unspecified atom stereocenters. The molecule has 0 spiro atoms. The Morgan fingerprint density at radius 1 is 1.16 bits per heavy atom. The van der Waals surface area contributed by atoms with Gasteiger partial charge in [-0.15, -0.1) is 0 Å². The van der Waals surface area contributed by atoms with Gasteiger partial charge in [0.2, 0.25) is 5.91 Å². The van der Waals surface area contributed by atoms with E-state index in [4.69, 9.17) is 14.3 Å². The van der Waals surface area contributed by atoms with E-state index < -0.39 is 8.53 Å². The minimum absolute atomic E-state index is 0.0437. The molecule has 212 valence electrons. The summed E-state index contributed by atoms with van der Waals surface area (Å²) in [4.78, 5) is 25.8. The van der Waals surface area contributed by atoms with Gasteiger partial charge in [-0.2, -0.15) is 17.0 Å². The van der Waals surface area contributed by atoms with Crippen molar-refractivity contribution in [3.8, 4) is 6.07 Å². The van der Waals surface area contributed by atoms with Crippen LogP contribution in [0, 0.1) is 11.3 Å². The van der Waals surface area contributed by atoms with Crippen LogP contribution in [0.1, 0.15) is 85.5 Å². The second-order valence-corrected chi connectivity index (χ2v) is 13.1. The Morgan fingerprint density at radius 3 is 2.57 bits per heavy atom. The first-order valence-electron chi connectivity index (χ1n) is 13.9. The van der Waals surface area contributed by atoms with Crippen LogP contribution >= 0.6 is 20.3 Å². The lowest BCUT2D eigenvalue weighted by Crippen LogP contribution is -2.37. The van der Waals surface area contributed by atoms with E-state index in [1.165, 1.54) is 0 Å². The highest BCUT2D eigenvalue weighted by molar-refractivity contribution is 8.00. The van der Waals surface area contributed by atoms with Crippen LogP contribution in [0.2, 0.25) is 0 Å². The Bertz CT molecular complexity index is 730. The SMILES string of the molecule is CC(C)N(C(C)C)P(OCCC#N)OCCCCCCNC(=O)CCCC[C@@H]1SC[C@H]2[C@@H]1NC(=O)N2C. The first-order chi connectivity index (χ1) is 17.8. The molecule has 3 amide bonds. The predicted molar refractivity (Wildman–Crippen MR) is 151 cm³/mol. The van der Waals surface area contributed by atoms with Gasteiger partial charge >= 0.3 is 6.03 Å². The van der Waals surface area contributed by atoms with E-state index in [0.717, 1.165) is 57.2 Å². The number of rotatable bonds is 19. The normalized spacial score (nSPS) is 22.0. The van der Waals surface area contributed by atoms with Gasteiger partial charge in [-0.25, -0.2) is 9.46 Å². The van der Waals surface area contributed by atoms with Crippen molar-refractivity contribution in [1.29, 1.82) is 5.26 Å². The monoisotopic (exact) mass is 557 g/mol. The van der Waals surface area contributed by atoms with Crippen LogP contribution in [-0.2, 0) is 13.8 Å². The van der Waals surface area contributed by atoms with Gasteiger partial charge in [0.25, 0.3) is 8.53 Å². The molecule has 2 aliphatic heterocycles. The molecule has 2 aliphatic rings. The molecule has 2 rings (SSSR count). The van der Waals surface area contributed by atoms with Crippen LogP contribution in [0.5, 0.6) is 0 Å². The maximum Gasteiger partial charge on any atom is 0.317 e. The van der Waals surface area contributed by atoms with Crippen LogP contribution in [0.15, 0.2) is 0 Å². The lowest BCUT2D eigenvalue weighted by atomic mass is 10.0. The minimum Gasteiger partial charge on any atom is -0.356 e. The fourth-order valence-electron chi connectivity index (χ4n) is 4.86. The van der Waals surface area contributed by atoms with Crippen molar-refractivity contribution >= 4 is 32.2 Å². The van der Waals surface area contributed by atoms with Crippen LogP contribution < -0.4 is 10.6 Å². The summed E-state index contributed by atoms with van der Waals surface area (Å²) in [5.74, 6) is 1.14. The topological polar surface area (TPSA) is 107 Å². The molecule has 2 heterocycles. The lowest BCUT2D eigenvalue weighted by Gasteiger charge is -2.35. The highest BCUT2D eigenvalue weighted by Crippen LogP contribution is 2.46. The summed E-state index contributed by atoms with van der Waals surface area (Å²) in [6, 6.07) is 3.36. The number of unbranched alkanes of at least 4 members (excludes halogenated alkanes) is 4. The zero-order valence-corrected chi connectivity index (χ0v) is 25.1. The zero-order valence-electron chi connectivity index (χ0n) is 23.4. The Morgan fingerprint density at radius 2 is 1.86 bits per heavy atom.